The Hall–Kier alpha value is -2.22. The van der Waals surface area contributed by atoms with Gasteiger partial charge in [0, 0.05) is 26.4 Å². The zero-order chi connectivity index (χ0) is 15.0. The zero-order valence-corrected chi connectivity index (χ0v) is 11.4. The molecule has 8 heteroatoms. The van der Waals surface area contributed by atoms with Gasteiger partial charge in [0.05, 0.1) is 25.1 Å². The molecule has 0 fully saturated rings. The second kappa shape index (κ2) is 8.05. The fourth-order valence-electron chi connectivity index (χ4n) is 1.67. The average molecular weight is 283 g/mol. The number of carbonyl (C=O) groups is 1. The number of anilines is 1. The minimum absolute atomic E-state index is 0.103. The summed E-state index contributed by atoms with van der Waals surface area (Å²) in [4.78, 5) is 27.2. The van der Waals surface area contributed by atoms with Gasteiger partial charge in [0.25, 0.3) is 0 Å². The van der Waals surface area contributed by atoms with Crippen LogP contribution in [-0.4, -0.2) is 49.8 Å². The summed E-state index contributed by atoms with van der Waals surface area (Å²) in [5.74, 6) is -0.371. The van der Waals surface area contributed by atoms with Gasteiger partial charge >= 0.3 is 11.7 Å². The lowest BCUT2D eigenvalue weighted by Crippen LogP contribution is -2.30. The van der Waals surface area contributed by atoms with Gasteiger partial charge in [0.1, 0.15) is 11.9 Å². The Labute approximate surface area is 116 Å². The molecule has 0 aliphatic heterocycles. The largest absolute Gasteiger partial charge is 0.469 e. The molecule has 0 saturated carbocycles. The van der Waals surface area contributed by atoms with E-state index in [9.17, 15) is 14.9 Å². The SMILES string of the molecule is COCCN(CCC(=O)OC)c1ccncc1[N+](=O)[O-]. The van der Waals surface area contributed by atoms with Crippen LogP contribution in [-0.2, 0) is 14.3 Å². The molecule has 0 aliphatic carbocycles. The summed E-state index contributed by atoms with van der Waals surface area (Å²) in [5.41, 5.74) is 0.305. The molecule has 1 rings (SSSR count). The van der Waals surface area contributed by atoms with Crippen LogP contribution in [0.5, 0.6) is 0 Å². The Morgan fingerprint density at radius 1 is 1.45 bits per heavy atom. The molecule has 0 radical (unpaired) electrons. The van der Waals surface area contributed by atoms with Crippen molar-refractivity contribution in [3.8, 4) is 0 Å². The third-order valence-corrected chi connectivity index (χ3v) is 2.69. The number of nitro groups is 1. The Kier molecular flexibility index (Phi) is 6.38. The van der Waals surface area contributed by atoms with E-state index in [1.807, 2.05) is 0 Å². The van der Waals surface area contributed by atoms with E-state index in [1.54, 1.807) is 18.1 Å². The molecule has 1 aromatic rings. The minimum Gasteiger partial charge on any atom is -0.469 e. The molecule has 0 bridgehead atoms. The highest BCUT2D eigenvalue weighted by molar-refractivity contribution is 5.70. The first-order chi connectivity index (χ1) is 9.60. The van der Waals surface area contributed by atoms with Gasteiger partial charge in [0.15, 0.2) is 0 Å². The van der Waals surface area contributed by atoms with E-state index in [0.29, 0.717) is 25.4 Å². The number of ether oxygens (including phenoxy) is 2. The van der Waals surface area contributed by atoms with Gasteiger partial charge in [0.2, 0.25) is 0 Å². The van der Waals surface area contributed by atoms with E-state index in [1.165, 1.54) is 19.5 Å². The molecular formula is C12H17N3O5. The summed E-state index contributed by atoms with van der Waals surface area (Å²) >= 11 is 0. The number of esters is 1. The third kappa shape index (κ3) is 4.47. The van der Waals surface area contributed by atoms with E-state index in [0.717, 1.165) is 0 Å². The molecule has 20 heavy (non-hydrogen) atoms. The van der Waals surface area contributed by atoms with Crippen molar-refractivity contribution in [3.63, 3.8) is 0 Å². The summed E-state index contributed by atoms with van der Waals surface area (Å²) in [7, 11) is 2.84. The summed E-state index contributed by atoms with van der Waals surface area (Å²) in [6, 6.07) is 1.55. The molecule has 0 spiro atoms. The molecule has 0 saturated heterocycles. The number of pyridine rings is 1. The second-order valence-corrected chi connectivity index (χ2v) is 3.93. The van der Waals surface area contributed by atoms with Gasteiger partial charge in [-0.25, -0.2) is 0 Å². The van der Waals surface area contributed by atoms with Crippen molar-refractivity contribution in [1.82, 2.24) is 4.98 Å². The number of methoxy groups -OCH3 is 2. The third-order valence-electron chi connectivity index (χ3n) is 2.69. The van der Waals surface area contributed by atoms with Crippen LogP contribution in [0.3, 0.4) is 0 Å². The predicted octanol–water partition coefficient (Wildman–Crippen LogP) is 1.01. The van der Waals surface area contributed by atoms with Gasteiger partial charge < -0.3 is 14.4 Å². The normalized spacial score (nSPS) is 10.1. The summed E-state index contributed by atoms with van der Waals surface area (Å²) in [5, 5.41) is 11.0. The van der Waals surface area contributed by atoms with E-state index in [4.69, 9.17) is 4.74 Å². The van der Waals surface area contributed by atoms with Crippen LogP contribution in [0.2, 0.25) is 0 Å². The molecule has 0 aliphatic rings. The van der Waals surface area contributed by atoms with E-state index < -0.39 is 4.92 Å². The lowest BCUT2D eigenvalue weighted by molar-refractivity contribution is -0.384. The fraction of sp³-hybridized carbons (Fsp3) is 0.500. The van der Waals surface area contributed by atoms with E-state index in [-0.39, 0.29) is 18.1 Å². The number of carbonyl (C=O) groups excluding carboxylic acids is 1. The van der Waals surface area contributed by atoms with Gasteiger partial charge in [-0.15, -0.1) is 0 Å². The van der Waals surface area contributed by atoms with Crippen LogP contribution >= 0.6 is 0 Å². The molecule has 0 N–H and O–H groups in total. The van der Waals surface area contributed by atoms with Crippen molar-refractivity contribution in [2.45, 2.75) is 6.42 Å². The zero-order valence-electron chi connectivity index (χ0n) is 11.4. The van der Waals surface area contributed by atoms with Crippen molar-refractivity contribution in [2.24, 2.45) is 0 Å². The van der Waals surface area contributed by atoms with Crippen molar-refractivity contribution >= 4 is 17.3 Å². The first kappa shape index (κ1) is 15.8. The molecule has 110 valence electrons. The maximum atomic E-state index is 11.2. The molecule has 0 atom stereocenters. The van der Waals surface area contributed by atoms with Crippen LogP contribution in [0.15, 0.2) is 18.5 Å². The molecule has 1 heterocycles. The fourth-order valence-corrected chi connectivity index (χ4v) is 1.67. The standard InChI is InChI=1S/C12H17N3O5/c1-19-8-7-14(6-4-12(16)20-2)10-3-5-13-9-11(10)15(17)18/h3,5,9H,4,6-8H2,1-2H3. The predicted molar refractivity (Wildman–Crippen MR) is 71.6 cm³/mol. The lowest BCUT2D eigenvalue weighted by Gasteiger charge is -2.23. The number of hydrogen-bond acceptors (Lipinski definition) is 7. The van der Waals surface area contributed by atoms with E-state index in [2.05, 4.69) is 9.72 Å². The van der Waals surface area contributed by atoms with Crippen LogP contribution < -0.4 is 4.90 Å². The average Bonchev–Trinajstić information content (AvgIpc) is 2.47. The van der Waals surface area contributed by atoms with Gasteiger partial charge in [-0.05, 0) is 6.07 Å². The van der Waals surface area contributed by atoms with Crippen molar-refractivity contribution in [2.75, 3.05) is 38.8 Å². The Morgan fingerprint density at radius 2 is 2.20 bits per heavy atom. The molecule has 8 nitrogen and oxygen atoms in total. The summed E-state index contributed by atoms with van der Waals surface area (Å²) in [6.07, 6.45) is 2.80. The number of aromatic nitrogens is 1. The maximum Gasteiger partial charge on any atom is 0.310 e. The Morgan fingerprint density at radius 3 is 2.80 bits per heavy atom. The van der Waals surface area contributed by atoms with Crippen LogP contribution in [0, 0.1) is 10.1 Å². The first-order valence-electron chi connectivity index (χ1n) is 5.99. The highest BCUT2D eigenvalue weighted by Crippen LogP contribution is 2.26. The highest BCUT2D eigenvalue weighted by atomic mass is 16.6. The monoisotopic (exact) mass is 283 g/mol. The highest BCUT2D eigenvalue weighted by Gasteiger charge is 2.20. The number of rotatable bonds is 8. The molecule has 1 aromatic heterocycles. The molecule has 0 aromatic carbocycles. The first-order valence-corrected chi connectivity index (χ1v) is 5.99. The summed E-state index contributed by atoms with van der Waals surface area (Å²) < 4.78 is 9.56. The molecule has 0 amide bonds. The second-order valence-electron chi connectivity index (χ2n) is 3.93. The number of nitrogens with zero attached hydrogens (tertiary/aromatic N) is 3. The smallest absolute Gasteiger partial charge is 0.310 e. The van der Waals surface area contributed by atoms with Crippen LogP contribution in [0.25, 0.3) is 0 Å². The topological polar surface area (TPSA) is 94.8 Å². The van der Waals surface area contributed by atoms with Crippen molar-refractivity contribution < 1.29 is 19.2 Å². The summed E-state index contributed by atoms with van der Waals surface area (Å²) in [6.45, 7) is 1.12. The van der Waals surface area contributed by atoms with Gasteiger partial charge in [-0.1, -0.05) is 0 Å². The maximum absolute atomic E-state index is 11.2. The quantitative estimate of drug-likeness (QED) is 0.399. The minimum atomic E-state index is -0.500. The van der Waals surface area contributed by atoms with Crippen LogP contribution in [0.1, 0.15) is 6.42 Å². The Bertz CT molecular complexity index is 466. The van der Waals surface area contributed by atoms with Crippen molar-refractivity contribution in [3.05, 3.63) is 28.6 Å². The number of hydrogen-bond donors (Lipinski definition) is 0. The lowest BCUT2D eigenvalue weighted by atomic mass is 10.2. The van der Waals surface area contributed by atoms with Gasteiger partial charge in [-0.3, -0.25) is 19.9 Å². The van der Waals surface area contributed by atoms with Gasteiger partial charge in [-0.2, -0.15) is 0 Å². The molecule has 0 unspecified atom stereocenters. The Balaban J connectivity index is 2.91. The molecular weight excluding hydrogens is 266 g/mol. The van der Waals surface area contributed by atoms with Crippen molar-refractivity contribution in [1.29, 1.82) is 0 Å². The van der Waals surface area contributed by atoms with E-state index >= 15 is 0 Å². The van der Waals surface area contributed by atoms with Crippen LogP contribution in [0.4, 0.5) is 11.4 Å².